The van der Waals surface area contributed by atoms with E-state index >= 15 is 0 Å². The van der Waals surface area contributed by atoms with E-state index in [9.17, 15) is 0 Å². The number of pyridine rings is 1. The SMILES string of the molecule is Cc1ccnc2nc(CC(CN)CC(C)C)[nH]c12. The predicted octanol–water partition coefficient (Wildman–Crippen LogP) is 2.43. The van der Waals surface area contributed by atoms with Crippen LogP contribution in [0.4, 0.5) is 0 Å². The minimum atomic E-state index is 0.492. The average Bonchev–Trinajstić information content (AvgIpc) is 2.71. The topological polar surface area (TPSA) is 67.6 Å². The molecule has 0 spiro atoms. The molecule has 98 valence electrons. The molecule has 2 aromatic heterocycles. The number of nitrogens with zero attached hydrogens (tertiary/aromatic N) is 2. The number of nitrogens with one attached hydrogen (secondary N) is 1. The number of hydrogen-bond acceptors (Lipinski definition) is 3. The lowest BCUT2D eigenvalue weighted by molar-refractivity contribution is 0.410. The summed E-state index contributed by atoms with van der Waals surface area (Å²) in [7, 11) is 0. The van der Waals surface area contributed by atoms with Crippen LogP contribution in [0.3, 0.4) is 0 Å². The van der Waals surface area contributed by atoms with E-state index in [0.29, 0.717) is 18.4 Å². The Hall–Kier alpha value is -1.42. The van der Waals surface area contributed by atoms with Crippen LogP contribution in [0.25, 0.3) is 11.2 Å². The van der Waals surface area contributed by atoms with Gasteiger partial charge >= 0.3 is 0 Å². The van der Waals surface area contributed by atoms with Crippen LogP contribution in [0.2, 0.25) is 0 Å². The van der Waals surface area contributed by atoms with Crippen molar-refractivity contribution in [3.63, 3.8) is 0 Å². The number of rotatable bonds is 5. The normalized spacial score (nSPS) is 13.4. The van der Waals surface area contributed by atoms with Gasteiger partial charge in [0.2, 0.25) is 0 Å². The molecular weight excluding hydrogens is 224 g/mol. The summed E-state index contributed by atoms with van der Waals surface area (Å²) >= 11 is 0. The van der Waals surface area contributed by atoms with Gasteiger partial charge in [0.1, 0.15) is 5.82 Å². The van der Waals surface area contributed by atoms with Crippen LogP contribution in [-0.4, -0.2) is 21.5 Å². The second-order valence-corrected chi connectivity index (χ2v) is 5.45. The highest BCUT2D eigenvalue weighted by Gasteiger charge is 2.13. The van der Waals surface area contributed by atoms with E-state index in [-0.39, 0.29) is 0 Å². The highest BCUT2D eigenvalue weighted by Crippen LogP contribution is 2.18. The summed E-state index contributed by atoms with van der Waals surface area (Å²) in [6, 6.07) is 2.00. The number of aryl methyl sites for hydroxylation is 1. The summed E-state index contributed by atoms with van der Waals surface area (Å²) in [5, 5.41) is 0. The molecule has 18 heavy (non-hydrogen) atoms. The van der Waals surface area contributed by atoms with Crippen LogP contribution >= 0.6 is 0 Å². The van der Waals surface area contributed by atoms with Crippen molar-refractivity contribution in [2.45, 2.75) is 33.6 Å². The Labute approximate surface area is 108 Å². The van der Waals surface area contributed by atoms with Crippen molar-refractivity contribution in [3.05, 3.63) is 23.7 Å². The Morgan fingerprint density at radius 2 is 2.17 bits per heavy atom. The van der Waals surface area contributed by atoms with Crippen molar-refractivity contribution in [3.8, 4) is 0 Å². The standard InChI is InChI=1S/C14H22N4/c1-9(2)6-11(8-15)7-12-17-13-10(3)4-5-16-14(13)18-12/h4-5,9,11H,6-8,15H2,1-3H3,(H,16,17,18). The molecule has 1 atom stereocenters. The van der Waals surface area contributed by atoms with Gasteiger partial charge in [0.05, 0.1) is 5.52 Å². The van der Waals surface area contributed by atoms with Gasteiger partial charge in [0, 0.05) is 12.6 Å². The molecule has 1 unspecified atom stereocenters. The van der Waals surface area contributed by atoms with Crippen LogP contribution in [0.15, 0.2) is 12.3 Å². The summed E-state index contributed by atoms with van der Waals surface area (Å²) in [4.78, 5) is 12.2. The molecule has 0 aromatic carbocycles. The number of nitrogens with two attached hydrogens (primary N) is 1. The van der Waals surface area contributed by atoms with Gasteiger partial charge in [-0.2, -0.15) is 0 Å². The number of aromatic amines is 1. The first-order valence-electron chi connectivity index (χ1n) is 6.60. The Balaban J connectivity index is 2.18. The average molecular weight is 246 g/mol. The summed E-state index contributed by atoms with van der Waals surface area (Å²) in [5.41, 5.74) is 8.88. The largest absolute Gasteiger partial charge is 0.340 e. The van der Waals surface area contributed by atoms with Gasteiger partial charge in [-0.3, -0.25) is 0 Å². The molecule has 0 aliphatic heterocycles. The third-order valence-corrected chi connectivity index (χ3v) is 3.27. The van der Waals surface area contributed by atoms with Gasteiger partial charge < -0.3 is 10.7 Å². The smallest absolute Gasteiger partial charge is 0.177 e. The van der Waals surface area contributed by atoms with E-state index in [1.54, 1.807) is 6.20 Å². The highest BCUT2D eigenvalue weighted by molar-refractivity contribution is 5.74. The van der Waals surface area contributed by atoms with Crippen LogP contribution < -0.4 is 5.73 Å². The molecule has 2 heterocycles. The predicted molar refractivity (Wildman–Crippen MR) is 74.3 cm³/mol. The molecule has 0 amide bonds. The molecule has 0 aliphatic rings. The van der Waals surface area contributed by atoms with Gasteiger partial charge in [-0.25, -0.2) is 9.97 Å². The lowest BCUT2D eigenvalue weighted by atomic mass is 9.94. The Morgan fingerprint density at radius 3 is 2.78 bits per heavy atom. The first kappa shape index (κ1) is 13.0. The molecule has 2 aromatic rings. The number of imidazole rings is 1. The van der Waals surface area contributed by atoms with Crippen molar-refractivity contribution < 1.29 is 0 Å². The van der Waals surface area contributed by atoms with Gasteiger partial charge in [-0.1, -0.05) is 13.8 Å². The number of H-pyrrole nitrogens is 1. The van der Waals surface area contributed by atoms with Crippen LogP contribution in [0.1, 0.15) is 31.7 Å². The maximum Gasteiger partial charge on any atom is 0.177 e. The van der Waals surface area contributed by atoms with E-state index < -0.39 is 0 Å². The third kappa shape index (κ3) is 2.88. The second kappa shape index (κ2) is 5.48. The first-order valence-corrected chi connectivity index (χ1v) is 6.60. The lowest BCUT2D eigenvalue weighted by Crippen LogP contribution is -2.19. The Morgan fingerprint density at radius 1 is 1.39 bits per heavy atom. The van der Waals surface area contributed by atoms with E-state index in [0.717, 1.165) is 29.8 Å². The number of hydrogen-bond donors (Lipinski definition) is 2. The van der Waals surface area contributed by atoms with Crippen molar-refractivity contribution in [2.24, 2.45) is 17.6 Å². The fourth-order valence-corrected chi connectivity index (χ4v) is 2.38. The Kier molecular flexibility index (Phi) is 3.97. The highest BCUT2D eigenvalue weighted by atomic mass is 15.0. The summed E-state index contributed by atoms with van der Waals surface area (Å²) in [5.74, 6) is 2.16. The molecule has 2 rings (SSSR count). The van der Waals surface area contributed by atoms with Gasteiger partial charge in [-0.05, 0) is 43.4 Å². The fraction of sp³-hybridized carbons (Fsp3) is 0.571. The van der Waals surface area contributed by atoms with Crippen LogP contribution in [-0.2, 0) is 6.42 Å². The minimum absolute atomic E-state index is 0.492. The molecule has 0 saturated heterocycles. The molecule has 0 aliphatic carbocycles. The van der Waals surface area contributed by atoms with Crippen LogP contribution in [0.5, 0.6) is 0 Å². The van der Waals surface area contributed by atoms with E-state index in [4.69, 9.17) is 5.73 Å². The van der Waals surface area contributed by atoms with Crippen LogP contribution in [0, 0.1) is 18.8 Å². The van der Waals surface area contributed by atoms with Crippen molar-refractivity contribution in [1.29, 1.82) is 0 Å². The summed E-state index contributed by atoms with van der Waals surface area (Å²) < 4.78 is 0. The van der Waals surface area contributed by atoms with Gasteiger partial charge in [0.15, 0.2) is 5.65 Å². The summed E-state index contributed by atoms with van der Waals surface area (Å²) in [6.07, 6.45) is 3.85. The third-order valence-electron chi connectivity index (χ3n) is 3.27. The first-order chi connectivity index (χ1) is 8.60. The maximum atomic E-state index is 5.84. The molecule has 0 fully saturated rings. The molecular formula is C14H22N4. The molecule has 0 bridgehead atoms. The van der Waals surface area contributed by atoms with E-state index in [1.165, 1.54) is 5.56 Å². The molecule has 4 nitrogen and oxygen atoms in total. The van der Waals surface area contributed by atoms with E-state index in [2.05, 4.69) is 35.7 Å². The van der Waals surface area contributed by atoms with Gasteiger partial charge in [-0.15, -0.1) is 0 Å². The fourth-order valence-electron chi connectivity index (χ4n) is 2.38. The monoisotopic (exact) mass is 246 g/mol. The molecule has 3 N–H and O–H groups in total. The lowest BCUT2D eigenvalue weighted by Gasteiger charge is -2.15. The molecule has 0 saturated carbocycles. The molecule has 0 radical (unpaired) electrons. The Bertz CT molecular complexity index is 515. The van der Waals surface area contributed by atoms with E-state index in [1.807, 2.05) is 6.07 Å². The number of aromatic nitrogens is 3. The summed E-state index contributed by atoms with van der Waals surface area (Å²) in [6.45, 7) is 7.24. The zero-order valence-electron chi connectivity index (χ0n) is 11.4. The van der Waals surface area contributed by atoms with Crippen molar-refractivity contribution >= 4 is 11.2 Å². The maximum absolute atomic E-state index is 5.84. The number of fused-ring (bicyclic) bond motifs is 1. The van der Waals surface area contributed by atoms with Crippen molar-refractivity contribution in [2.75, 3.05) is 6.54 Å². The zero-order chi connectivity index (χ0) is 13.1. The van der Waals surface area contributed by atoms with Crippen molar-refractivity contribution in [1.82, 2.24) is 15.0 Å². The molecule has 4 heteroatoms. The zero-order valence-corrected chi connectivity index (χ0v) is 11.4. The minimum Gasteiger partial charge on any atom is -0.340 e. The quantitative estimate of drug-likeness (QED) is 0.851. The second-order valence-electron chi connectivity index (χ2n) is 5.45. The van der Waals surface area contributed by atoms with Gasteiger partial charge in [0.25, 0.3) is 0 Å².